The van der Waals surface area contributed by atoms with Crippen LogP contribution < -0.4 is 25.6 Å². The van der Waals surface area contributed by atoms with E-state index in [9.17, 15) is 4.79 Å². The fraction of sp³-hybridized carbons (Fsp3) is 0.409. The molecule has 29 heavy (non-hydrogen) atoms. The lowest BCUT2D eigenvalue weighted by Crippen LogP contribution is -2.43. The number of benzene rings is 2. The molecule has 6 nitrogen and oxygen atoms in total. The van der Waals surface area contributed by atoms with Crippen LogP contribution in [0.25, 0.3) is 0 Å². The minimum absolute atomic E-state index is 0.0133. The number of hydrogen-bond acceptors (Lipinski definition) is 5. The van der Waals surface area contributed by atoms with E-state index in [-0.39, 0.29) is 18.0 Å². The number of amides is 1. The molecule has 0 radical (unpaired) electrons. The summed E-state index contributed by atoms with van der Waals surface area (Å²) < 4.78 is 11.3. The van der Waals surface area contributed by atoms with Crippen molar-refractivity contribution in [3.63, 3.8) is 0 Å². The molecule has 2 unspecified atom stereocenters. The van der Waals surface area contributed by atoms with E-state index in [1.165, 1.54) is 0 Å². The Hall–Kier alpha value is -2.28. The first-order valence-corrected chi connectivity index (χ1v) is 10.4. The smallest absolute Gasteiger partial charge is 0.238 e. The SMILES string of the molecule is CCOc1ccc(CCNC(=O)C2CC(c3ccccc3Cl)NN2)cc1OCC. The second-order valence-corrected chi connectivity index (χ2v) is 7.25. The molecule has 2 aromatic rings. The topological polar surface area (TPSA) is 71.6 Å². The van der Waals surface area contributed by atoms with Gasteiger partial charge in [0.15, 0.2) is 11.5 Å². The first-order valence-electron chi connectivity index (χ1n) is 10.0. The van der Waals surface area contributed by atoms with Crippen LogP contribution in [0.3, 0.4) is 0 Å². The fourth-order valence-corrected chi connectivity index (χ4v) is 3.66. The number of carbonyl (C=O) groups excluding carboxylic acids is 1. The Morgan fingerprint density at radius 2 is 1.86 bits per heavy atom. The van der Waals surface area contributed by atoms with Gasteiger partial charge in [-0.1, -0.05) is 35.9 Å². The van der Waals surface area contributed by atoms with Gasteiger partial charge in [0, 0.05) is 17.6 Å². The molecule has 0 saturated carbocycles. The van der Waals surface area contributed by atoms with E-state index in [2.05, 4.69) is 16.2 Å². The average Bonchev–Trinajstić information content (AvgIpc) is 3.20. The molecule has 1 aliphatic heterocycles. The van der Waals surface area contributed by atoms with Crippen LogP contribution in [0.2, 0.25) is 5.02 Å². The molecular weight excluding hydrogens is 390 g/mol. The fourth-order valence-electron chi connectivity index (χ4n) is 3.39. The predicted molar refractivity (Wildman–Crippen MR) is 114 cm³/mol. The van der Waals surface area contributed by atoms with Crippen molar-refractivity contribution in [2.45, 2.75) is 38.8 Å². The molecule has 0 aromatic heterocycles. The summed E-state index contributed by atoms with van der Waals surface area (Å²) in [6.45, 7) is 5.61. The molecule has 1 saturated heterocycles. The summed E-state index contributed by atoms with van der Waals surface area (Å²) >= 11 is 6.26. The van der Waals surface area contributed by atoms with E-state index in [1.807, 2.05) is 56.3 Å². The van der Waals surface area contributed by atoms with E-state index >= 15 is 0 Å². The number of carbonyl (C=O) groups is 1. The Bertz CT molecular complexity index is 831. The highest BCUT2D eigenvalue weighted by molar-refractivity contribution is 6.31. The maximum absolute atomic E-state index is 12.5. The van der Waals surface area contributed by atoms with Gasteiger partial charge in [0.1, 0.15) is 6.04 Å². The average molecular weight is 418 g/mol. The van der Waals surface area contributed by atoms with Gasteiger partial charge in [-0.25, -0.2) is 10.9 Å². The molecule has 7 heteroatoms. The zero-order valence-corrected chi connectivity index (χ0v) is 17.6. The monoisotopic (exact) mass is 417 g/mol. The van der Waals surface area contributed by atoms with Crippen LogP contribution in [0.15, 0.2) is 42.5 Å². The van der Waals surface area contributed by atoms with Crippen molar-refractivity contribution < 1.29 is 14.3 Å². The van der Waals surface area contributed by atoms with Crippen LogP contribution in [-0.2, 0) is 11.2 Å². The van der Waals surface area contributed by atoms with Gasteiger partial charge in [0.25, 0.3) is 0 Å². The van der Waals surface area contributed by atoms with Gasteiger partial charge in [-0.3, -0.25) is 4.79 Å². The van der Waals surface area contributed by atoms with Crippen molar-refractivity contribution in [1.29, 1.82) is 0 Å². The third kappa shape index (κ3) is 5.63. The van der Waals surface area contributed by atoms with E-state index in [4.69, 9.17) is 21.1 Å². The number of rotatable bonds is 9. The molecule has 2 atom stereocenters. The molecule has 0 bridgehead atoms. The third-order valence-corrected chi connectivity index (χ3v) is 5.17. The van der Waals surface area contributed by atoms with Crippen LogP contribution in [-0.4, -0.2) is 31.7 Å². The van der Waals surface area contributed by atoms with Crippen molar-refractivity contribution in [1.82, 2.24) is 16.2 Å². The third-order valence-electron chi connectivity index (χ3n) is 4.82. The van der Waals surface area contributed by atoms with Gasteiger partial charge in [-0.15, -0.1) is 0 Å². The summed E-state index contributed by atoms with van der Waals surface area (Å²) in [6.07, 6.45) is 1.36. The highest BCUT2D eigenvalue weighted by Gasteiger charge is 2.30. The minimum atomic E-state index is -0.296. The highest BCUT2D eigenvalue weighted by Crippen LogP contribution is 2.29. The van der Waals surface area contributed by atoms with Crippen LogP contribution in [0.5, 0.6) is 11.5 Å². The summed E-state index contributed by atoms with van der Waals surface area (Å²) in [5.41, 5.74) is 8.32. The minimum Gasteiger partial charge on any atom is -0.490 e. The van der Waals surface area contributed by atoms with E-state index < -0.39 is 0 Å². The predicted octanol–water partition coefficient (Wildman–Crippen LogP) is 3.40. The maximum atomic E-state index is 12.5. The summed E-state index contributed by atoms with van der Waals surface area (Å²) in [5, 5.41) is 3.71. The molecule has 156 valence electrons. The molecule has 3 rings (SSSR count). The van der Waals surface area contributed by atoms with Crippen LogP contribution >= 0.6 is 11.6 Å². The molecule has 0 aliphatic carbocycles. The molecule has 2 aromatic carbocycles. The van der Waals surface area contributed by atoms with Gasteiger partial charge in [-0.2, -0.15) is 0 Å². The summed E-state index contributed by atoms with van der Waals surface area (Å²) in [6, 6.07) is 13.3. The standard InChI is InChI=1S/C22H28ClN3O3/c1-3-28-20-10-9-15(13-21(20)29-4-2)11-12-24-22(27)19-14-18(25-26-19)16-7-5-6-8-17(16)23/h5-10,13,18-19,25-26H,3-4,11-12,14H2,1-2H3,(H,24,27). The second-order valence-electron chi connectivity index (χ2n) is 6.84. The molecule has 0 spiro atoms. The second kappa shape index (κ2) is 10.5. The number of ether oxygens (including phenoxy) is 2. The lowest BCUT2D eigenvalue weighted by molar-refractivity contribution is -0.122. The van der Waals surface area contributed by atoms with Crippen LogP contribution in [0.4, 0.5) is 0 Å². The Labute approximate surface area is 176 Å². The van der Waals surface area contributed by atoms with Gasteiger partial charge in [-0.05, 0) is 56.0 Å². The van der Waals surface area contributed by atoms with E-state index in [0.717, 1.165) is 22.6 Å². The lowest BCUT2D eigenvalue weighted by atomic mass is 10.0. The zero-order valence-electron chi connectivity index (χ0n) is 16.8. The summed E-state index contributed by atoms with van der Waals surface area (Å²) in [7, 11) is 0. The Kier molecular flexibility index (Phi) is 7.75. The van der Waals surface area contributed by atoms with Crippen molar-refractivity contribution in [2.24, 2.45) is 0 Å². The molecule has 1 fully saturated rings. The molecule has 3 N–H and O–H groups in total. The molecule has 1 amide bonds. The quantitative estimate of drug-likeness (QED) is 0.583. The van der Waals surface area contributed by atoms with Crippen molar-refractivity contribution >= 4 is 17.5 Å². The molecular formula is C22H28ClN3O3. The maximum Gasteiger partial charge on any atom is 0.238 e. The molecule has 1 heterocycles. The zero-order chi connectivity index (χ0) is 20.6. The number of halogens is 1. The Balaban J connectivity index is 1.50. The van der Waals surface area contributed by atoms with Gasteiger partial charge in [0.2, 0.25) is 5.91 Å². The first-order chi connectivity index (χ1) is 14.1. The number of hydrogen-bond donors (Lipinski definition) is 3. The lowest BCUT2D eigenvalue weighted by Gasteiger charge is -2.13. The summed E-state index contributed by atoms with van der Waals surface area (Å²) in [4.78, 5) is 12.5. The van der Waals surface area contributed by atoms with Crippen molar-refractivity contribution in [2.75, 3.05) is 19.8 Å². The molecule has 1 aliphatic rings. The van der Waals surface area contributed by atoms with E-state index in [0.29, 0.717) is 37.6 Å². The van der Waals surface area contributed by atoms with Crippen molar-refractivity contribution in [3.8, 4) is 11.5 Å². The number of hydrazine groups is 1. The van der Waals surface area contributed by atoms with E-state index in [1.54, 1.807) is 0 Å². The highest BCUT2D eigenvalue weighted by atomic mass is 35.5. The van der Waals surface area contributed by atoms with Crippen LogP contribution in [0.1, 0.15) is 37.4 Å². The first kappa shape index (κ1) is 21.4. The van der Waals surface area contributed by atoms with Gasteiger partial charge >= 0.3 is 0 Å². The van der Waals surface area contributed by atoms with Gasteiger partial charge in [0.05, 0.1) is 13.2 Å². The Morgan fingerprint density at radius 3 is 2.62 bits per heavy atom. The van der Waals surface area contributed by atoms with Crippen LogP contribution in [0, 0.1) is 0 Å². The summed E-state index contributed by atoms with van der Waals surface area (Å²) in [5.74, 6) is 1.46. The van der Waals surface area contributed by atoms with Gasteiger partial charge < -0.3 is 14.8 Å². The Morgan fingerprint density at radius 1 is 1.10 bits per heavy atom. The number of nitrogens with one attached hydrogen (secondary N) is 3. The van der Waals surface area contributed by atoms with Crippen molar-refractivity contribution in [3.05, 3.63) is 58.6 Å². The normalized spacial score (nSPS) is 18.4. The largest absolute Gasteiger partial charge is 0.490 e.